The number of rotatable bonds is 5. The smallest absolute Gasteiger partial charge is 0.348 e. The van der Waals surface area contributed by atoms with E-state index < -0.39 is 5.97 Å². The first-order valence-corrected chi connectivity index (χ1v) is 6.58. The van der Waals surface area contributed by atoms with Crippen molar-refractivity contribution in [2.75, 3.05) is 6.61 Å². The second-order valence-electron chi connectivity index (χ2n) is 3.86. The number of carbonyl (C=O) groups excluding carboxylic acids is 2. The summed E-state index contributed by atoms with van der Waals surface area (Å²) in [5.41, 5.74) is 0. The second-order valence-corrected chi connectivity index (χ2v) is 4.81. The number of nitrogens with one attached hydrogen (secondary N) is 1. The van der Waals surface area contributed by atoms with Crippen LogP contribution in [0.15, 0.2) is 40.3 Å². The molecule has 1 amide bonds. The van der Waals surface area contributed by atoms with Gasteiger partial charge in [0.1, 0.15) is 10.6 Å². The van der Waals surface area contributed by atoms with Crippen LogP contribution >= 0.6 is 11.3 Å². The van der Waals surface area contributed by atoms with Crippen molar-refractivity contribution in [2.45, 2.75) is 13.0 Å². The predicted molar refractivity (Wildman–Crippen MR) is 69.9 cm³/mol. The van der Waals surface area contributed by atoms with Crippen molar-refractivity contribution in [2.24, 2.45) is 0 Å². The molecule has 0 unspecified atom stereocenters. The summed E-state index contributed by atoms with van der Waals surface area (Å²) in [5, 5.41) is 4.45. The lowest BCUT2D eigenvalue weighted by molar-refractivity contribution is -0.125. The van der Waals surface area contributed by atoms with Gasteiger partial charge in [-0.05, 0) is 30.5 Å². The van der Waals surface area contributed by atoms with Crippen molar-refractivity contribution in [1.82, 2.24) is 5.32 Å². The summed E-state index contributed by atoms with van der Waals surface area (Å²) in [4.78, 5) is 23.6. The van der Waals surface area contributed by atoms with Gasteiger partial charge in [0.25, 0.3) is 5.91 Å². The maximum absolute atomic E-state index is 11.6. The van der Waals surface area contributed by atoms with E-state index in [-0.39, 0.29) is 18.6 Å². The van der Waals surface area contributed by atoms with Crippen LogP contribution < -0.4 is 5.32 Å². The van der Waals surface area contributed by atoms with Crippen LogP contribution in [0.2, 0.25) is 0 Å². The van der Waals surface area contributed by atoms with Crippen LogP contribution in [0.25, 0.3) is 0 Å². The summed E-state index contributed by atoms with van der Waals surface area (Å²) < 4.78 is 10.1. The molecule has 0 saturated carbocycles. The maximum Gasteiger partial charge on any atom is 0.348 e. The van der Waals surface area contributed by atoms with E-state index in [0.29, 0.717) is 10.6 Å². The number of esters is 1. The standard InChI is InChI=1S/C13H13NO4S/c1-9(10-4-2-6-17-10)14-12(15)8-18-13(16)11-5-3-7-19-11/h2-7,9H,8H2,1H3,(H,14,15)/t9-/m1/s1. The van der Waals surface area contributed by atoms with Gasteiger partial charge in [-0.2, -0.15) is 0 Å². The van der Waals surface area contributed by atoms with Crippen LogP contribution in [0.5, 0.6) is 0 Å². The van der Waals surface area contributed by atoms with E-state index in [1.54, 1.807) is 36.6 Å². The van der Waals surface area contributed by atoms with E-state index in [9.17, 15) is 9.59 Å². The fraction of sp³-hybridized carbons (Fsp3) is 0.231. The Balaban J connectivity index is 1.77. The average Bonchev–Trinajstić information content (AvgIpc) is 3.07. The van der Waals surface area contributed by atoms with E-state index in [4.69, 9.17) is 9.15 Å². The minimum Gasteiger partial charge on any atom is -0.467 e. The number of hydrogen-bond donors (Lipinski definition) is 1. The van der Waals surface area contributed by atoms with Crippen LogP contribution in [0.4, 0.5) is 0 Å². The summed E-state index contributed by atoms with van der Waals surface area (Å²) in [5.74, 6) is -0.206. The molecule has 0 fully saturated rings. The normalized spacial score (nSPS) is 11.8. The van der Waals surface area contributed by atoms with E-state index in [1.807, 2.05) is 0 Å². The van der Waals surface area contributed by atoms with Gasteiger partial charge in [-0.15, -0.1) is 11.3 Å². The first-order chi connectivity index (χ1) is 9.16. The number of thiophene rings is 1. The highest BCUT2D eigenvalue weighted by molar-refractivity contribution is 7.11. The van der Waals surface area contributed by atoms with Crippen molar-refractivity contribution in [3.8, 4) is 0 Å². The lowest BCUT2D eigenvalue weighted by Gasteiger charge is -2.11. The molecule has 2 rings (SSSR count). The molecule has 19 heavy (non-hydrogen) atoms. The van der Waals surface area contributed by atoms with E-state index in [0.717, 1.165) is 0 Å². The number of furan rings is 1. The van der Waals surface area contributed by atoms with Crippen LogP contribution in [-0.2, 0) is 9.53 Å². The molecule has 1 N–H and O–H groups in total. The highest BCUT2D eigenvalue weighted by atomic mass is 32.1. The molecule has 0 radical (unpaired) electrons. The average molecular weight is 279 g/mol. The summed E-state index contributed by atoms with van der Waals surface area (Å²) in [7, 11) is 0. The molecule has 0 aliphatic carbocycles. The van der Waals surface area contributed by atoms with Crippen molar-refractivity contribution in [3.05, 3.63) is 46.5 Å². The lowest BCUT2D eigenvalue weighted by atomic mass is 10.2. The molecule has 2 aromatic rings. The first kappa shape index (κ1) is 13.4. The van der Waals surface area contributed by atoms with Gasteiger partial charge in [-0.3, -0.25) is 4.79 Å². The highest BCUT2D eigenvalue weighted by Crippen LogP contribution is 2.12. The molecule has 6 heteroatoms. The molecule has 0 aliphatic rings. The Kier molecular flexibility index (Phi) is 4.35. The van der Waals surface area contributed by atoms with E-state index >= 15 is 0 Å². The van der Waals surface area contributed by atoms with Gasteiger partial charge >= 0.3 is 5.97 Å². The quantitative estimate of drug-likeness (QED) is 0.853. The maximum atomic E-state index is 11.6. The van der Waals surface area contributed by atoms with Crippen LogP contribution in [0, 0.1) is 0 Å². The Labute approximate surface area is 114 Å². The van der Waals surface area contributed by atoms with Crippen LogP contribution in [0.1, 0.15) is 28.4 Å². The van der Waals surface area contributed by atoms with Gasteiger partial charge < -0.3 is 14.5 Å². The zero-order valence-electron chi connectivity index (χ0n) is 10.3. The van der Waals surface area contributed by atoms with Crippen molar-refractivity contribution in [1.29, 1.82) is 0 Å². The Morgan fingerprint density at radius 3 is 2.89 bits per heavy atom. The molecular weight excluding hydrogens is 266 g/mol. The summed E-state index contributed by atoms with van der Waals surface area (Å²) in [6, 6.07) is 6.65. The fourth-order valence-electron chi connectivity index (χ4n) is 1.49. The summed E-state index contributed by atoms with van der Waals surface area (Å²) >= 11 is 1.27. The lowest BCUT2D eigenvalue weighted by Crippen LogP contribution is -2.30. The molecule has 0 spiro atoms. The molecule has 5 nitrogen and oxygen atoms in total. The Morgan fingerprint density at radius 2 is 2.26 bits per heavy atom. The van der Waals surface area contributed by atoms with Gasteiger partial charge in [-0.25, -0.2) is 4.79 Å². The largest absolute Gasteiger partial charge is 0.467 e. The predicted octanol–water partition coefficient (Wildman–Crippen LogP) is 2.38. The van der Waals surface area contributed by atoms with Crippen LogP contribution in [0.3, 0.4) is 0 Å². The highest BCUT2D eigenvalue weighted by Gasteiger charge is 2.14. The molecule has 0 aliphatic heterocycles. The van der Waals surface area contributed by atoms with Gasteiger partial charge in [0, 0.05) is 0 Å². The molecule has 100 valence electrons. The zero-order valence-corrected chi connectivity index (χ0v) is 11.1. The molecule has 2 aromatic heterocycles. The topological polar surface area (TPSA) is 68.5 Å². The number of hydrogen-bond acceptors (Lipinski definition) is 5. The number of carbonyl (C=O) groups is 2. The Morgan fingerprint density at radius 1 is 1.42 bits per heavy atom. The molecule has 2 heterocycles. The van der Waals surface area contributed by atoms with E-state index in [2.05, 4.69) is 5.32 Å². The Hall–Kier alpha value is -2.08. The monoisotopic (exact) mass is 279 g/mol. The third kappa shape index (κ3) is 3.69. The molecule has 0 aromatic carbocycles. The molecule has 1 atom stereocenters. The minimum atomic E-state index is -0.490. The van der Waals surface area contributed by atoms with Gasteiger partial charge in [0.2, 0.25) is 0 Å². The van der Waals surface area contributed by atoms with Crippen molar-refractivity contribution >= 4 is 23.2 Å². The van der Waals surface area contributed by atoms with Crippen LogP contribution in [-0.4, -0.2) is 18.5 Å². The molecule has 0 bridgehead atoms. The van der Waals surface area contributed by atoms with E-state index in [1.165, 1.54) is 17.6 Å². The molecule has 0 saturated heterocycles. The third-order valence-corrected chi connectivity index (χ3v) is 3.25. The van der Waals surface area contributed by atoms with Gasteiger partial charge in [0.05, 0.1) is 12.3 Å². The number of amides is 1. The summed E-state index contributed by atoms with van der Waals surface area (Å²) in [6.45, 7) is 1.49. The summed E-state index contributed by atoms with van der Waals surface area (Å²) in [6.07, 6.45) is 1.54. The van der Waals surface area contributed by atoms with Gasteiger partial charge in [0.15, 0.2) is 6.61 Å². The third-order valence-electron chi connectivity index (χ3n) is 2.40. The first-order valence-electron chi connectivity index (χ1n) is 5.70. The van der Waals surface area contributed by atoms with Crippen molar-refractivity contribution < 1.29 is 18.7 Å². The fourth-order valence-corrected chi connectivity index (χ4v) is 2.10. The Bertz CT molecular complexity index is 533. The SMILES string of the molecule is C[C@@H](NC(=O)COC(=O)c1cccs1)c1ccco1. The zero-order chi connectivity index (χ0) is 13.7. The van der Waals surface area contributed by atoms with Gasteiger partial charge in [-0.1, -0.05) is 6.07 Å². The minimum absolute atomic E-state index is 0.261. The molecular formula is C13H13NO4S. The number of ether oxygens (including phenoxy) is 1. The van der Waals surface area contributed by atoms with Crippen molar-refractivity contribution in [3.63, 3.8) is 0 Å². The second kappa shape index (κ2) is 6.19.